The Morgan fingerprint density at radius 1 is 1.23 bits per heavy atom. The van der Waals surface area contributed by atoms with Crippen LogP contribution in [0.2, 0.25) is 0 Å². The van der Waals surface area contributed by atoms with Gasteiger partial charge in [-0.2, -0.15) is 0 Å². The highest BCUT2D eigenvalue weighted by Crippen LogP contribution is 2.16. The van der Waals surface area contributed by atoms with Gasteiger partial charge in [0.05, 0.1) is 0 Å². The molecule has 22 heavy (non-hydrogen) atoms. The topological polar surface area (TPSA) is 58.6 Å². The zero-order valence-corrected chi connectivity index (χ0v) is 13.8. The lowest BCUT2D eigenvalue weighted by Gasteiger charge is -2.14. The van der Waals surface area contributed by atoms with Gasteiger partial charge in [-0.15, -0.1) is 0 Å². The maximum Gasteiger partial charge on any atom is 0.251 e. The van der Waals surface area contributed by atoms with Crippen LogP contribution in [0, 0.1) is 6.92 Å². The minimum Gasteiger partial charge on any atom is -0.491 e. The van der Waals surface area contributed by atoms with Crippen LogP contribution in [-0.2, 0) is 0 Å². The zero-order valence-electron chi connectivity index (χ0n) is 12.3. The van der Waals surface area contributed by atoms with E-state index in [1.807, 2.05) is 31.2 Å². The smallest absolute Gasteiger partial charge is 0.251 e. The first kappa shape index (κ1) is 16.5. The van der Waals surface area contributed by atoms with E-state index < -0.39 is 6.10 Å². The number of aliphatic hydroxyl groups is 1. The molecule has 0 aliphatic rings. The summed E-state index contributed by atoms with van der Waals surface area (Å²) in [7, 11) is 0. The maximum absolute atomic E-state index is 11.9. The number of para-hydroxylation sites is 1. The van der Waals surface area contributed by atoms with Crippen LogP contribution in [0.4, 0.5) is 0 Å². The SMILES string of the molecule is Cc1ccccc1OCC(O)CNC(=O)c1ccc(Br)cc1. The van der Waals surface area contributed by atoms with E-state index in [0.29, 0.717) is 5.56 Å². The van der Waals surface area contributed by atoms with Gasteiger partial charge in [0.1, 0.15) is 18.5 Å². The number of carbonyl (C=O) groups excluding carboxylic acids is 1. The minimum absolute atomic E-state index is 0.130. The third-order valence-corrected chi connectivity index (χ3v) is 3.66. The fourth-order valence-electron chi connectivity index (χ4n) is 1.88. The molecule has 0 saturated heterocycles. The van der Waals surface area contributed by atoms with Gasteiger partial charge in [-0.25, -0.2) is 0 Å². The highest BCUT2D eigenvalue weighted by Gasteiger charge is 2.10. The number of nitrogens with one attached hydrogen (secondary N) is 1. The van der Waals surface area contributed by atoms with E-state index in [-0.39, 0.29) is 19.1 Å². The van der Waals surface area contributed by atoms with Crippen LogP contribution >= 0.6 is 15.9 Å². The molecule has 2 N–H and O–H groups in total. The van der Waals surface area contributed by atoms with Gasteiger partial charge < -0.3 is 15.2 Å². The Bertz CT molecular complexity index is 628. The van der Waals surface area contributed by atoms with E-state index in [2.05, 4.69) is 21.2 Å². The normalized spacial score (nSPS) is 11.8. The Morgan fingerprint density at radius 2 is 1.91 bits per heavy atom. The Balaban J connectivity index is 1.78. The zero-order chi connectivity index (χ0) is 15.9. The molecule has 0 aromatic heterocycles. The van der Waals surface area contributed by atoms with Crippen molar-refractivity contribution in [3.8, 4) is 5.75 Å². The quantitative estimate of drug-likeness (QED) is 0.829. The molecule has 2 rings (SSSR count). The Morgan fingerprint density at radius 3 is 2.59 bits per heavy atom. The van der Waals surface area contributed by atoms with Crippen LogP contribution in [0.5, 0.6) is 5.75 Å². The molecule has 0 radical (unpaired) electrons. The number of carbonyl (C=O) groups is 1. The minimum atomic E-state index is -0.765. The van der Waals surface area contributed by atoms with Crippen molar-refractivity contribution in [3.05, 3.63) is 64.1 Å². The number of aryl methyl sites for hydroxylation is 1. The summed E-state index contributed by atoms with van der Waals surface area (Å²) < 4.78 is 6.46. The van der Waals surface area contributed by atoms with Crippen molar-refractivity contribution in [2.24, 2.45) is 0 Å². The lowest BCUT2D eigenvalue weighted by molar-refractivity contribution is 0.0842. The van der Waals surface area contributed by atoms with Gasteiger partial charge in [0.25, 0.3) is 5.91 Å². The van der Waals surface area contributed by atoms with E-state index in [1.54, 1.807) is 24.3 Å². The van der Waals surface area contributed by atoms with Gasteiger partial charge in [0.2, 0.25) is 0 Å². The molecular formula is C17H18BrNO3. The standard InChI is InChI=1S/C17H18BrNO3/c1-12-4-2-3-5-16(12)22-11-15(20)10-19-17(21)13-6-8-14(18)9-7-13/h2-9,15,20H,10-11H2,1H3,(H,19,21). The summed E-state index contributed by atoms with van der Waals surface area (Å²) in [6, 6.07) is 14.6. The third kappa shape index (κ3) is 4.86. The van der Waals surface area contributed by atoms with Crippen LogP contribution < -0.4 is 10.1 Å². The number of benzene rings is 2. The van der Waals surface area contributed by atoms with Gasteiger partial charge >= 0.3 is 0 Å². The summed E-state index contributed by atoms with van der Waals surface area (Å²) in [6.45, 7) is 2.21. The average Bonchev–Trinajstić information content (AvgIpc) is 2.52. The molecule has 2 aromatic rings. The number of rotatable bonds is 6. The maximum atomic E-state index is 11.9. The summed E-state index contributed by atoms with van der Waals surface area (Å²) in [4.78, 5) is 11.9. The van der Waals surface area contributed by atoms with Crippen molar-refractivity contribution in [1.82, 2.24) is 5.32 Å². The third-order valence-electron chi connectivity index (χ3n) is 3.13. The lowest BCUT2D eigenvalue weighted by atomic mass is 10.2. The molecule has 4 nitrogen and oxygen atoms in total. The summed E-state index contributed by atoms with van der Waals surface area (Å²) in [5, 5.41) is 12.6. The van der Waals surface area contributed by atoms with Gasteiger partial charge in [-0.05, 0) is 42.8 Å². The number of aliphatic hydroxyl groups excluding tert-OH is 1. The van der Waals surface area contributed by atoms with E-state index in [0.717, 1.165) is 15.8 Å². The molecule has 1 unspecified atom stereocenters. The van der Waals surface area contributed by atoms with Crippen LogP contribution in [0.25, 0.3) is 0 Å². The number of amides is 1. The summed E-state index contributed by atoms with van der Waals surface area (Å²) in [5.41, 5.74) is 1.56. The number of ether oxygens (including phenoxy) is 1. The van der Waals surface area contributed by atoms with Gasteiger partial charge in [-0.3, -0.25) is 4.79 Å². The summed E-state index contributed by atoms with van der Waals surface area (Å²) >= 11 is 3.32. The molecule has 0 heterocycles. The fraction of sp³-hybridized carbons (Fsp3) is 0.235. The molecular weight excluding hydrogens is 346 g/mol. The molecule has 2 aromatic carbocycles. The van der Waals surface area contributed by atoms with Gasteiger partial charge in [0, 0.05) is 16.6 Å². The molecule has 0 saturated carbocycles. The number of hydrogen-bond acceptors (Lipinski definition) is 3. The van der Waals surface area contributed by atoms with Crippen molar-refractivity contribution in [3.63, 3.8) is 0 Å². The fourth-order valence-corrected chi connectivity index (χ4v) is 2.14. The number of hydrogen-bond donors (Lipinski definition) is 2. The second kappa shape index (κ2) is 7.96. The summed E-state index contributed by atoms with van der Waals surface area (Å²) in [5.74, 6) is 0.517. The van der Waals surface area contributed by atoms with Crippen molar-refractivity contribution >= 4 is 21.8 Å². The summed E-state index contributed by atoms with van der Waals surface area (Å²) in [6.07, 6.45) is -0.765. The molecule has 0 fully saturated rings. The van der Waals surface area contributed by atoms with Crippen molar-refractivity contribution in [1.29, 1.82) is 0 Å². The highest BCUT2D eigenvalue weighted by molar-refractivity contribution is 9.10. The largest absolute Gasteiger partial charge is 0.491 e. The van der Waals surface area contributed by atoms with Gasteiger partial charge in [0.15, 0.2) is 0 Å². The first-order chi connectivity index (χ1) is 10.6. The van der Waals surface area contributed by atoms with Gasteiger partial charge in [-0.1, -0.05) is 34.1 Å². The van der Waals surface area contributed by atoms with Crippen LogP contribution in [0.15, 0.2) is 53.0 Å². The van der Waals surface area contributed by atoms with Crippen molar-refractivity contribution in [2.75, 3.05) is 13.2 Å². The first-order valence-electron chi connectivity index (χ1n) is 6.96. The molecule has 5 heteroatoms. The van der Waals surface area contributed by atoms with Crippen LogP contribution in [0.3, 0.4) is 0 Å². The number of halogens is 1. The van der Waals surface area contributed by atoms with E-state index in [4.69, 9.17) is 4.74 Å². The van der Waals surface area contributed by atoms with Crippen molar-refractivity contribution < 1.29 is 14.6 Å². The molecule has 0 spiro atoms. The van der Waals surface area contributed by atoms with E-state index in [1.165, 1.54) is 0 Å². The molecule has 0 bridgehead atoms. The molecule has 1 atom stereocenters. The predicted molar refractivity (Wildman–Crippen MR) is 89.2 cm³/mol. The average molecular weight is 364 g/mol. The molecule has 1 amide bonds. The molecule has 0 aliphatic heterocycles. The highest BCUT2D eigenvalue weighted by atomic mass is 79.9. The second-order valence-corrected chi connectivity index (χ2v) is 5.86. The predicted octanol–water partition coefficient (Wildman–Crippen LogP) is 2.93. The Kier molecular flexibility index (Phi) is 5.98. The van der Waals surface area contributed by atoms with Crippen molar-refractivity contribution in [2.45, 2.75) is 13.0 Å². The second-order valence-electron chi connectivity index (χ2n) is 4.95. The van der Waals surface area contributed by atoms with E-state index >= 15 is 0 Å². The van der Waals surface area contributed by atoms with Crippen LogP contribution in [0.1, 0.15) is 15.9 Å². The first-order valence-corrected chi connectivity index (χ1v) is 7.76. The Labute approximate surface area is 138 Å². The lowest BCUT2D eigenvalue weighted by Crippen LogP contribution is -2.35. The van der Waals surface area contributed by atoms with E-state index in [9.17, 15) is 9.90 Å². The monoisotopic (exact) mass is 363 g/mol. The molecule has 0 aliphatic carbocycles. The Hall–Kier alpha value is -1.85. The molecule has 116 valence electrons. The van der Waals surface area contributed by atoms with Crippen LogP contribution in [-0.4, -0.2) is 30.3 Å².